The van der Waals surface area contributed by atoms with E-state index in [9.17, 15) is 23.9 Å². The molecular weight excluding hydrogens is 463 g/mol. The van der Waals surface area contributed by atoms with Crippen LogP contribution in [0.2, 0.25) is 0 Å². The monoisotopic (exact) mass is 494 g/mol. The molecule has 0 saturated carbocycles. The van der Waals surface area contributed by atoms with Crippen LogP contribution in [-0.2, 0) is 17.8 Å². The van der Waals surface area contributed by atoms with Gasteiger partial charge in [-0.2, -0.15) is 0 Å². The van der Waals surface area contributed by atoms with Crippen molar-refractivity contribution in [2.24, 2.45) is 0 Å². The highest BCUT2D eigenvalue weighted by Gasteiger charge is 2.24. The fraction of sp³-hybridized carbons (Fsp3) is 0.407. The number of aryl methyl sites for hydroxylation is 1. The number of aromatic hydroxyl groups is 1. The molecule has 1 fully saturated rings. The van der Waals surface area contributed by atoms with Crippen molar-refractivity contribution in [1.82, 2.24) is 19.8 Å². The molecule has 1 aromatic carbocycles. The summed E-state index contributed by atoms with van der Waals surface area (Å²) < 4.78 is 14.8. The molecule has 0 atom stereocenters. The molecule has 8 nitrogen and oxygen atoms in total. The minimum atomic E-state index is -0.658. The largest absolute Gasteiger partial charge is 0.505 e. The van der Waals surface area contributed by atoms with Crippen LogP contribution in [0.15, 0.2) is 41.3 Å². The third-order valence-corrected chi connectivity index (χ3v) is 6.48. The van der Waals surface area contributed by atoms with Crippen LogP contribution in [0.3, 0.4) is 0 Å². The lowest BCUT2D eigenvalue weighted by molar-refractivity contribution is -0.127. The molecule has 1 aliphatic rings. The Hall–Kier alpha value is -3.75. The predicted molar refractivity (Wildman–Crippen MR) is 135 cm³/mol. The highest BCUT2D eigenvalue weighted by molar-refractivity contribution is 6.01. The Morgan fingerprint density at radius 1 is 1.14 bits per heavy atom. The number of rotatable bonds is 10. The lowest BCUT2D eigenvalue weighted by Gasteiger charge is -2.16. The Bertz CT molecular complexity index is 1320. The van der Waals surface area contributed by atoms with Crippen molar-refractivity contribution < 1.29 is 19.1 Å². The molecule has 3 heterocycles. The van der Waals surface area contributed by atoms with Crippen molar-refractivity contribution in [1.29, 1.82) is 0 Å². The Morgan fingerprint density at radius 2 is 1.92 bits per heavy atom. The Balaban J connectivity index is 1.59. The molecule has 9 heteroatoms. The highest BCUT2D eigenvalue weighted by Crippen LogP contribution is 2.26. The zero-order valence-corrected chi connectivity index (χ0v) is 20.4. The molecule has 190 valence electrons. The van der Waals surface area contributed by atoms with E-state index >= 15 is 0 Å². The molecule has 2 N–H and O–H groups in total. The number of halogens is 1. The second kappa shape index (κ2) is 11.3. The number of fused-ring (bicyclic) bond motifs is 1. The van der Waals surface area contributed by atoms with Crippen LogP contribution in [0, 0.1) is 5.82 Å². The first-order valence-corrected chi connectivity index (χ1v) is 12.4. The summed E-state index contributed by atoms with van der Waals surface area (Å²) in [5, 5.41) is 13.6. The van der Waals surface area contributed by atoms with Gasteiger partial charge in [0.15, 0.2) is 5.75 Å². The summed E-state index contributed by atoms with van der Waals surface area (Å²) in [7, 11) is 0. The molecule has 2 aromatic heterocycles. The number of carbonyl (C=O) groups excluding carboxylic acids is 2. The minimum absolute atomic E-state index is 0.122. The molecular formula is C27H31FN4O4. The number of hydrogen-bond donors (Lipinski definition) is 2. The second-order valence-electron chi connectivity index (χ2n) is 9.14. The van der Waals surface area contributed by atoms with Gasteiger partial charge in [-0.15, -0.1) is 0 Å². The number of hydrogen-bond acceptors (Lipinski definition) is 5. The van der Waals surface area contributed by atoms with E-state index in [1.54, 1.807) is 29.3 Å². The van der Waals surface area contributed by atoms with Gasteiger partial charge in [0, 0.05) is 38.8 Å². The van der Waals surface area contributed by atoms with Crippen LogP contribution < -0.4 is 10.9 Å². The normalized spacial score (nSPS) is 13.5. The third-order valence-electron chi connectivity index (χ3n) is 6.48. The lowest BCUT2D eigenvalue weighted by Crippen LogP contribution is -2.35. The number of likely N-dealkylation sites (tertiary alicyclic amines) is 1. The molecule has 0 aliphatic carbocycles. The standard InChI is InChI=1S/C27H31FN4O4/c1-2-3-14-32-21-16-19(15-18-7-9-20(28)10-8-18)17-30-24(21)25(34)23(27(32)36)26(35)29-11-5-13-31-12-4-6-22(31)33/h7-10,16-17,34H,2-6,11-15H2,1H3,(H,29,35). The number of carbonyl (C=O) groups is 2. The molecule has 0 bridgehead atoms. The molecule has 3 aromatic rings. The number of nitrogens with zero attached hydrogens (tertiary/aromatic N) is 3. The smallest absolute Gasteiger partial charge is 0.267 e. The molecule has 2 amide bonds. The van der Waals surface area contributed by atoms with Crippen LogP contribution in [0.5, 0.6) is 5.75 Å². The van der Waals surface area contributed by atoms with Crippen LogP contribution in [-0.4, -0.2) is 51.0 Å². The number of benzene rings is 1. The fourth-order valence-electron chi connectivity index (χ4n) is 4.53. The van der Waals surface area contributed by atoms with Crippen molar-refractivity contribution in [2.75, 3.05) is 19.6 Å². The SMILES string of the molecule is CCCCn1c(=O)c(C(=O)NCCCN2CCCC2=O)c(O)c2ncc(Cc3ccc(F)cc3)cc21. The van der Waals surface area contributed by atoms with E-state index in [2.05, 4.69) is 10.3 Å². The van der Waals surface area contributed by atoms with E-state index in [0.29, 0.717) is 44.3 Å². The first kappa shape index (κ1) is 25.3. The van der Waals surface area contributed by atoms with Crippen molar-refractivity contribution >= 4 is 22.8 Å². The number of nitrogens with one attached hydrogen (secondary N) is 1. The van der Waals surface area contributed by atoms with E-state index in [1.807, 2.05) is 6.92 Å². The molecule has 1 aliphatic heterocycles. The summed E-state index contributed by atoms with van der Waals surface area (Å²) in [5.41, 5.74) is 1.43. The molecule has 4 rings (SSSR count). The van der Waals surface area contributed by atoms with Gasteiger partial charge in [-0.05, 0) is 55.0 Å². The summed E-state index contributed by atoms with van der Waals surface area (Å²) in [6.45, 7) is 3.94. The summed E-state index contributed by atoms with van der Waals surface area (Å²) >= 11 is 0. The van der Waals surface area contributed by atoms with Gasteiger partial charge in [0.25, 0.3) is 11.5 Å². The fourth-order valence-corrected chi connectivity index (χ4v) is 4.53. The molecule has 0 unspecified atom stereocenters. The van der Waals surface area contributed by atoms with Gasteiger partial charge >= 0.3 is 0 Å². The maximum atomic E-state index is 13.4. The molecule has 0 spiro atoms. The topological polar surface area (TPSA) is 105 Å². The van der Waals surface area contributed by atoms with Crippen LogP contribution >= 0.6 is 0 Å². The zero-order valence-electron chi connectivity index (χ0n) is 20.4. The van der Waals surface area contributed by atoms with E-state index in [0.717, 1.165) is 30.5 Å². The van der Waals surface area contributed by atoms with Gasteiger partial charge in [0.1, 0.15) is 16.9 Å². The second-order valence-corrected chi connectivity index (χ2v) is 9.14. The summed E-state index contributed by atoms with van der Waals surface area (Å²) in [6, 6.07) is 7.95. The van der Waals surface area contributed by atoms with Gasteiger partial charge in [0.05, 0.1) is 5.52 Å². The number of amides is 2. The van der Waals surface area contributed by atoms with Crippen molar-refractivity contribution in [2.45, 2.75) is 52.0 Å². The average Bonchev–Trinajstić information content (AvgIpc) is 3.27. The Kier molecular flexibility index (Phi) is 7.97. The highest BCUT2D eigenvalue weighted by atomic mass is 19.1. The Labute approximate surface area is 208 Å². The third kappa shape index (κ3) is 5.56. The van der Waals surface area contributed by atoms with Crippen LogP contribution in [0.4, 0.5) is 4.39 Å². The van der Waals surface area contributed by atoms with E-state index in [4.69, 9.17) is 0 Å². The van der Waals surface area contributed by atoms with Crippen LogP contribution in [0.1, 0.15) is 60.5 Å². The summed E-state index contributed by atoms with van der Waals surface area (Å²) in [5.74, 6) is -1.29. The molecule has 0 radical (unpaired) electrons. The average molecular weight is 495 g/mol. The Morgan fingerprint density at radius 3 is 2.61 bits per heavy atom. The van der Waals surface area contributed by atoms with E-state index < -0.39 is 17.2 Å². The first-order chi connectivity index (χ1) is 17.4. The van der Waals surface area contributed by atoms with Gasteiger partial charge in [0.2, 0.25) is 5.91 Å². The molecule has 1 saturated heterocycles. The summed E-state index contributed by atoms with van der Waals surface area (Å²) in [4.78, 5) is 44.2. The summed E-state index contributed by atoms with van der Waals surface area (Å²) in [6.07, 6.45) is 5.60. The predicted octanol–water partition coefficient (Wildman–Crippen LogP) is 3.37. The number of aromatic nitrogens is 2. The first-order valence-electron chi connectivity index (χ1n) is 12.4. The van der Waals surface area contributed by atoms with E-state index in [1.165, 1.54) is 16.7 Å². The van der Waals surface area contributed by atoms with Crippen molar-refractivity contribution in [3.63, 3.8) is 0 Å². The maximum Gasteiger partial charge on any atom is 0.267 e. The number of pyridine rings is 2. The minimum Gasteiger partial charge on any atom is -0.505 e. The van der Waals surface area contributed by atoms with Crippen LogP contribution in [0.25, 0.3) is 11.0 Å². The molecule has 36 heavy (non-hydrogen) atoms. The van der Waals surface area contributed by atoms with Gasteiger partial charge in [-0.25, -0.2) is 4.39 Å². The van der Waals surface area contributed by atoms with Gasteiger partial charge in [-0.3, -0.25) is 19.4 Å². The quantitative estimate of drug-likeness (QED) is 0.421. The van der Waals surface area contributed by atoms with Crippen molar-refractivity contribution in [3.05, 3.63) is 69.4 Å². The van der Waals surface area contributed by atoms with Gasteiger partial charge in [-0.1, -0.05) is 25.5 Å². The number of unbranched alkanes of at least 4 members (excludes halogenated alkanes) is 1. The van der Waals surface area contributed by atoms with E-state index in [-0.39, 0.29) is 29.3 Å². The maximum absolute atomic E-state index is 13.4. The zero-order chi connectivity index (χ0) is 25.7. The van der Waals surface area contributed by atoms with Crippen molar-refractivity contribution in [3.8, 4) is 5.75 Å². The van der Waals surface area contributed by atoms with Gasteiger partial charge < -0.3 is 19.9 Å². The lowest BCUT2D eigenvalue weighted by atomic mass is 10.0.